The summed E-state index contributed by atoms with van der Waals surface area (Å²) in [6, 6.07) is 15.6. The van der Waals surface area contributed by atoms with E-state index in [9.17, 15) is 19.5 Å². The predicted molar refractivity (Wildman–Crippen MR) is 154 cm³/mol. The molecule has 4 aromatic rings. The molecule has 8 heteroatoms. The number of fused-ring (bicyclic) bond motifs is 1. The number of ketones is 2. The second-order valence-electron chi connectivity index (χ2n) is 11.7. The van der Waals surface area contributed by atoms with E-state index < -0.39 is 16.8 Å². The lowest BCUT2D eigenvalue weighted by Crippen LogP contribution is -2.29. The predicted octanol–water partition coefficient (Wildman–Crippen LogP) is 6.99. The average molecular weight is 561 g/mol. The number of ether oxygens (including phenoxy) is 1. The number of carboxylic acids is 1. The number of halogens is 1. The summed E-state index contributed by atoms with van der Waals surface area (Å²) in [6.45, 7) is 10.7. The molecule has 0 amide bonds. The molecular formula is C32H33ClN2O5. The monoisotopic (exact) mass is 560 g/mol. The van der Waals surface area contributed by atoms with Crippen LogP contribution >= 0.6 is 11.6 Å². The number of aliphatic carboxylic acids is 1. The lowest BCUT2D eigenvalue weighted by Gasteiger charge is -2.22. The molecule has 4 rings (SSSR count). The smallest absolute Gasteiger partial charge is 0.309 e. The van der Waals surface area contributed by atoms with Crippen molar-refractivity contribution in [2.24, 2.45) is 10.8 Å². The van der Waals surface area contributed by atoms with Gasteiger partial charge in [0.2, 0.25) is 5.78 Å². The minimum absolute atomic E-state index is 0.0285. The van der Waals surface area contributed by atoms with Crippen LogP contribution in [0.1, 0.15) is 78.0 Å². The Morgan fingerprint density at radius 3 is 2.27 bits per heavy atom. The van der Waals surface area contributed by atoms with Crippen molar-refractivity contribution in [2.75, 3.05) is 0 Å². The topological polar surface area (TPSA) is 98.0 Å². The van der Waals surface area contributed by atoms with Crippen molar-refractivity contribution in [2.45, 2.75) is 54.6 Å². The molecule has 3 heterocycles. The van der Waals surface area contributed by atoms with E-state index >= 15 is 0 Å². The molecule has 0 fully saturated rings. The van der Waals surface area contributed by atoms with E-state index in [-0.39, 0.29) is 30.3 Å². The Morgan fingerprint density at radius 2 is 1.68 bits per heavy atom. The van der Waals surface area contributed by atoms with Crippen LogP contribution < -0.4 is 4.74 Å². The summed E-state index contributed by atoms with van der Waals surface area (Å²) in [5, 5.41) is 10.5. The van der Waals surface area contributed by atoms with E-state index in [4.69, 9.17) is 16.3 Å². The van der Waals surface area contributed by atoms with Gasteiger partial charge in [0.15, 0.2) is 5.78 Å². The molecule has 0 saturated heterocycles. The van der Waals surface area contributed by atoms with E-state index in [2.05, 4.69) is 4.98 Å². The van der Waals surface area contributed by atoms with Crippen LogP contribution in [0.15, 0.2) is 60.8 Å². The minimum Gasteiger partial charge on any atom is -0.487 e. The molecule has 0 aliphatic heterocycles. The molecule has 0 saturated carbocycles. The first kappa shape index (κ1) is 29.0. The Kier molecular flexibility index (Phi) is 7.90. The Morgan fingerprint density at radius 1 is 1.00 bits per heavy atom. The number of pyridine rings is 2. The zero-order valence-electron chi connectivity index (χ0n) is 23.5. The van der Waals surface area contributed by atoms with Crippen molar-refractivity contribution >= 4 is 34.7 Å². The normalized spacial score (nSPS) is 12.0. The SMILES string of the molecule is Cc1cccc(COc2ccn3c(C(=O)c4ccc(Cl)cc4)c(CC(C)(C)C(=O)O)c(C(=O)C(C)(C)C)c3c2)n1. The molecule has 0 aliphatic carbocycles. The van der Waals surface area contributed by atoms with Crippen LogP contribution in [-0.4, -0.2) is 32.0 Å². The fourth-order valence-corrected chi connectivity index (χ4v) is 4.64. The number of nitrogens with zero attached hydrogens (tertiary/aromatic N) is 2. The molecule has 1 aromatic carbocycles. The maximum Gasteiger partial charge on any atom is 0.309 e. The maximum absolute atomic E-state index is 14.0. The standard InChI is InChI=1S/C32H33ClN2O5/c1-19-8-7-9-22(34-19)18-40-23-14-15-35-25(16-23)26(29(37)31(2,3)4)24(17-32(5,6)30(38)39)27(35)28(36)20-10-12-21(33)13-11-20/h7-16H,17-18H2,1-6H3,(H,38,39). The van der Waals surface area contributed by atoms with Gasteiger partial charge in [-0.1, -0.05) is 38.4 Å². The number of benzene rings is 1. The van der Waals surface area contributed by atoms with Gasteiger partial charge < -0.3 is 14.2 Å². The molecule has 3 aromatic heterocycles. The highest BCUT2D eigenvalue weighted by molar-refractivity contribution is 6.30. The number of rotatable bonds is 9. The van der Waals surface area contributed by atoms with E-state index in [1.165, 1.54) is 0 Å². The van der Waals surface area contributed by atoms with Gasteiger partial charge in [-0.2, -0.15) is 0 Å². The molecule has 0 spiro atoms. The Labute approximate surface area is 238 Å². The summed E-state index contributed by atoms with van der Waals surface area (Å²) in [7, 11) is 0. The molecule has 0 aliphatic rings. The molecule has 1 N–H and O–H groups in total. The van der Waals surface area contributed by atoms with Gasteiger partial charge >= 0.3 is 5.97 Å². The van der Waals surface area contributed by atoms with Gasteiger partial charge in [0, 0.05) is 39.5 Å². The van der Waals surface area contributed by atoms with Gasteiger partial charge in [-0.05, 0) is 75.2 Å². The van der Waals surface area contributed by atoms with Crippen LogP contribution in [0.5, 0.6) is 5.75 Å². The number of carbonyl (C=O) groups is 3. The van der Waals surface area contributed by atoms with E-state index in [1.807, 2.05) is 25.1 Å². The molecular weight excluding hydrogens is 528 g/mol. The summed E-state index contributed by atoms with van der Waals surface area (Å²) in [4.78, 5) is 44.6. The van der Waals surface area contributed by atoms with Crippen molar-refractivity contribution in [1.29, 1.82) is 0 Å². The number of aryl methyl sites for hydroxylation is 1. The fourth-order valence-electron chi connectivity index (χ4n) is 4.52. The molecule has 0 unspecified atom stereocenters. The molecule has 40 heavy (non-hydrogen) atoms. The lowest BCUT2D eigenvalue weighted by molar-refractivity contribution is -0.146. The van der Waals surface area contributed by atoms with Crippen LogP contribution in [0.4, 0.5) is 0 Å². The number of Topliss-reactive ketones (excluding diaryl/α,β-unsaturated/α-hetero) is 1. The fraction of sp³-hybridized carbons (Fsp3) is 0.312. The van der Waals surface area contributed by atoms with Crippen LogP contribution in [-0.2, 0) is 17.8 Å². The third-order valence-corrected chi connectivity index (χ3v) is 7.02. The van der Waals surface area contributed by atoms with Gasteiger partial charge in [0.25, 0.3) is 0 Å². The Bertz CT molecular complexity index is 1610. The maximum atomic E-state index is 14.0. The second-order valence-corrected chi connectivity index (χ2v) is 12.1. The highest BCUT2D eigenvalue weighted by Gasteiger charge is 2.37. The van der Waals surface area contributed by atoms with Gasteiger partial charge in [-0.15, -0.1) is 0 Å². The largest absolute Gasteiger partial charge is 0.487 e. The highest BCUT2D eigenvalue weighted by Crippen LogP contribution is 2.37. The number of carboxylic acid groups (broad SMARTS) is 1. The average Bonchev–Trinajstić information content (AvgIpc) is 3.18. The molecule has 0 bridgehead atoms. The summed E-state index contributed by atoms with van der Waals surface area (Å²) in [6.07, 6.45) is 1.66. The van der Waals surface area contributed by atoms with Gasteiger partial charge in [0.1, 0.15) is 12.4 Å². The molecule has 7 nitrogen and oxygen atoms in total. The quantitative estimate of drug-likeness (QED) is 0.222. The Hall–Kier alpha value is -3.97. The van der Waals surface area contributed by atoms with Crippen molar-refractivity contribution in [3.63, 3.8) is 0 Å². The van der Waals surface area contributed by atoms with Gasteiger partial charge in [-0.3, -0.25) is 19.4 Å². The zero-order valence-corrected chi connectivity index (χ0v) is 24.3. The summed E-state index contributed by atoms with van der Waals surface area (Å²) in [5.41, 5.74) is 1.38. The molecule has 0 radical (unpaired) electrons. The number of carbonyl (C=O) groups excluding carboxylic acids is 2. The van der Waals surface area contributed by atoms with Crippen molar-refractivity contribution < 1.29 is 24.2 Å². The number of hydrogen-bond acceptors (Lipinski definition) is 5. The van der Waals surface area contributed by atoms with E-state index in [0.717, 1.165) is 11.4 Å². The zero-order chi connectivity index (χ0) is 29.4. The van der Waals surface area contributed by atoms with Crippen LogP contribution in [0.3, 0.4) is 0 Å². The van der Waals surface area contributed by atoms with Gasteiger partial charge in [0.05, 0.1) is 22.3 Å². The number of aromatic nitrogens is 2. The van der Waals surface area contributed by atoms with Crippen LogP contribution in [0.25, 0.3) is 5.52 Å². The highest BCUT2D eigenvalue weighted by atomic mass is 35.5. The molecule has 0 atom stereocenters. The van der Waals surface area contributed by atoms with Gasteiger partial charge in [-0.25, -0.2) is 0 Å². The third kappa shape index (κ3) is 5.94. The minimum atomic E-state index is -1.25. The summed E-state index contributed by atoms with van der Waals surface area (Å²) in [5.74, 6) is -1.08. The third-order valence-electron chi connectivity index (χ3n) is 6.77. The van der Waals surface area contributed by atoms with Crippen LogP contribution in [0.2, 0.25) is 5.02 Å². The second kappa shape index (κ2) is 10.9. The molecule has 208 valence electrons. The van der Waals surface area contributed by atoms with Crippen molar-refractivity contribution in [1.82, 2.24) is 9.38 Å². The number of hydrogen-bond donors (Lipinski definition) is 1. The van der Waals surface area contributed by atoms with E-state index in [1.54, 1.807) is 81.6 Å². The Balaban J connectivity index is 1.95. The van der Waals surface area contributed by atoms with Crippen molar-refractivity contribution in [3.8, 4) is 5.75 Å². The van der Waals surface area contributed by atoms with E-state index in [0.29, 0.717) is 33.0 Å². The lowest BCUT2D eigenvalue weighted by atomic mass is 9.79. The first-order valence-corrected chi connectivity index (χ1v) is 13.4. The van der Waals surface area contributed by atoms with Crippen molar-refractivity contribution in [3.05, 3.63) is 99.6 Å². The summed E-state index contributed by atoms with van der Waals surface area (Å²) >= 11 is 6.06. The summed E-state index contributed by atoms with van der Waals surface area (Å²) < 4.78 is 7.71. The first-order valence-electron chi connectivity index (χ1n) is 13.0. The first-order chi connectivity index (χ1) is 18.7. The van der Waals surface area contributed by atoms with Crippen LogP contribution in [0, 0.1) is 17.8 Å².